The summed E-state index contributed by atoms with van der Waals surface area (Å²) in [6, 6.07) is 2.92. The summed E-state index contributed by atoms with van der Waals surface area (Å²) < 4.78 is 18.0. The Labute approximate surface area is 107 Å². The van der Waals surface area contributed by atoms with E-state index in [9.17, 15) is 24.4 Å². The number of nitro groups is 1. The fourth-order valence-corrected chi connectivity index (χ4v) is 1.91. The number of halogens is 1. The van der Waals surface area contributed by atoms with E-state index in [4.69, 9.17) is 4.74 Å². The van der Waals surface area contributed by atoms with Gasteiger partial charge in [0.1, 0.15) is 11.5 Å². The Morgan fingerprint density at radius 3 is 2.84 bits per heavy atom. The van der Waals surface area contributed by atoms with Crippen LogP contribution in [0, 0.1) is 15.9 Å². The first-order chi connectivity index (χ1) is 8.94. The highest BCUT2D eigenvalue weighted by molar-refractivity contribution is 5.84. The minimum absolute atomic E-state index is 0.0423. The Kier molecular flexibility index (Phi) is 3.34. The average Bonchev–Trinajstić information content (AvgIpc) is 2.81. The Morgan fingerprint density at radius 1 is 1.58 bits per heavy atom. The highest BCUT2D eigenvalue weighted by Crippen LogP contribution is 2.31. The van der Waals surface area contributed by atoms with Gasteiger partial charge in [-0.25, -0.2) is 9.18 Å². The highest BCUT2D eigenvalue weighted by Gasteiger charge is 2.43. The lowest BCUT2D eigenvalue weighted by Gasteiger charge is -2.24. The predicted octanol–water partition coefficient (Wildman–Crippen LogP) is 1.39. The SMILES string of the molecule is O=C(O)C1(Nc2ccc(F)cc2[N+](=O)[O-])CCOC1. The van der Waals surface area contributed by atoms with E-state index in [-0.39, 0.29) is 25.3 Å². The smallest absolute Gasteiger partial charge is 0.331 e. The van der Waals surface area contributed by atoms with Gasteiger partial charge in [-0.1, -0.05) is 0 Å². The van der Waals surface area contributed by atoms with Crippen molar-refractivity contribution in [2.75, 3.05) is 18.5 Å². The zero-order valence-electron chi connectivity index (χ0n) is 9.76. The van der Waals surface area contributed by atoms with Gasteiger partial charge < -0.3 is 15.2 Å². The molecule has 0 aromatic heterocycles. The molecule has 1 aliphatic heterocycles. The number of carboxylic acids is 1. The van der Waals surface area contributed by atoms with Crippen LogP contribution in [-0.4, -0.2) is 34.8 Å². The maximum atomic E-state index is 13.0. The summed E-state index contributed by atoms with van der Waals surface area (Å²) in [5.41, 5.74) is -1.96. The topological polar surface area (TPSA) is 102 Å². The van der Waals surface area contributed by atoms with E-state index in [1.807, 2.05) is 0 Å². The van der Waals surface area contributed by atoms with Crippen molar-refractivity contribution in [3.8, 4) is 0 Å². The number of hydrogen-bond donors (Lipinski definition) is 2. The zero-order valence-corrected chi connectivity index (χ0v) is 9.76. The molecule has 1 aromatic carbocycles. The summed E-state index contributed by atoms with van der Waals surface area (Å²) in [6.07, 6.45) is 0.177. The number of aliphatic carboxylic acids is 1. The monoisotopic (exact) mass is 270 g/mol. The van der Waals surface area contributed by atoms with E-state index in [0.29, 0.717) is 0 Å². The van der Waals surface area contributed by atoms with Gasteiger partial charge in [0, 0.05) is 13.0 Å². The van der Waals surface area contributed by atoms with Crippen molar-refractivity contribution in [1.29, 1.82) is 0 Å². The van der Waals surface area contributed by atoms with Gasteiger partial charge in [0.2, 0.25) is 0 Å². The summed E-state index contributed by atoms with van der Waals surface area (Å²) in [7, 11) is 0. The second-order valence-corrected chi connectivity index (χ2v) is 4.23. The molecule has 102 valence electrons. The van der Waals surface area contributed by atoms with Crippen molar-refractivity contribution in [2.24, 2.45) is 0 Å². The van der Waals surface area contributed by atoms with Gasteiger partial charge in [0.05, 0.1) is 17.6 Å². The fourth-order valence-electron chi connectivity index (χ4n) is 1.91. The number of benzene rings is 1. The van der Waals surface area contributed by atoms with Crippen LogP contribution >= 0.6 is 0 Å². The van der Waals surface area contributed by atoms with Crippen LogP contribution in [-0.2, 0) is 9.53 Å². The van der Waals surface area contributed by atoms with Crippen molar-refractivity contribution in [3.63, 3.8) is 0 Å². The number of hydrogen-bond acceptors (Lipinski definition) is 5. The van der Waals surface area contributed by atoms with E-state index < -0.39 is 27.9 Å². The van der Waals surface area contributed by atoms with Crippen molar-refractivity contribution in [3.05, 3.63) is 34.1 Å². The Hall–Kier alpha value is -2.22. The molecule has 0 aliphatic carbocycles. The van der Waals surface area contributed by atoms with Gasteiger partial charge >= 0.3 is 5.97 Å². The van der Waals surface area contributed by atoms with Crippen LogP contribution in [0.5, 0.6) is 0 Å². The Balaban J connectivity index is 2.37. The third-order valence-electron chi connectivity index (χ3n) is 2.96. The number of ether oxygens (including phenoxy) is 1. The molecule has 19 heavy (non-hydrogen) atoms. The van der Waals surface area contributed by atoms with Crippen LogP contribution in [0.25, 0.3) is 0 Å². The number of rotatable bonds is 4. The van der Waals surface area contributed by atoms with Gasteiger partial charge in [-0.05, 0) is 12.1 Å². The molecule has 0 saturated carbocycles. The Morgan fingerprint density at radius 2 is 2.32 bits per heavy atom. The number of nitrogens with one attached hydrogen (secondary N) is 1. The van der Waals surface area contributed by atoms with Gasteiger partial charge in [0.25, 0.3) is 5.69 Å². The third kappa shape index (κ3) is 2.48. The molecule has 0 bridgehead atoms. The van der Waals surface area contributed by atoms with Crippen molar-refractivity contribution in [2.45, 2.75) is 12.0 Å². The molecule has 2 N–H and O–H groups in total. The molecule has 1 heterocycles. The molecular formula is C11H11FN2O5. The molecule has 1 unspecified atom stereocenters. The summed E-state index contributed by atoms with van der Waals surface area (Å²) in [6.45, 7) is 0.144. The maximum absolute atomic E-state index is 13.0. The van der Waals surface area contributed by atoms with Gasteiger partial charge in [0.15, 0.2) is 5.54 Å². The minimum Gasteiger partial charge on any atom is -0.479 e. The normalized spacial score (nSPS) is 22.2. The van der Waals surface area contributed by atoms with E-state index in [1.54, 1.807) is 0 Å². The highest BCUT2D eigenvalue weighted by atomic mass is 19.1. The van der Waals surface area contributed by atoms with Gasteiger partial charge in [-0.3, -0.25) is 10.1 Å². The first-order valence-corrected chi connectivity index (χ1v) is 5.48. The molecule has 1 aliphatic rings. The third-order valence-corrected chi connectivity index (χ3v) is 2.96. The number of carbonyl (C=O) groups is 1. The Bertz CT molecular complexity index is 528. The summed E-state index contributed by atoms with van der Waals surface area (Å²) in [4.78, 5) is 21.4. The fraction of sp³-hybridized carbons (Fsp3) is 0.364. The maximum Gasteiger partial charge on any atom is 0.331 e. The van der Waals surface area contributed by atoms with Gasteiger partial charge in [-0.2, -0.15) is 0 Å². The first-order valence-electron chi connectivity index (χ1n) is 5.48. The van der Waals surface area contributed by atoms with Crippen LogP contribution < -0.4 is 5.32 Å². The number of anilines is 1. The number of carboxylic acid groups (broad SMARTS) is 1. The van der Waals surface area contributed by atoms with Gasteiger partial charge in [-0.15, -0.1) is 0 Å². The molecule has 1 aromatic rings. The van der Waals surface area contributed by atoms with Crippen molar-refractivity contribution < 1.29 is 24.0 Å². The molecule has 0 spiro atoms. The largest absolute Gasteiger partial charge is 0.479 e. The van der Waals surface area contributed by atoms with E-state index >= 15 is 0 Å². The van der Waals surface area contributed by atoms with E-state index in [0.717, 1.165) is 18.2 Å². The molecule has 0 amide bonds. The number of nitro benzene ring substituents is 1. The van der Waals surface area contributed by atoms with Crippen LogP contribution in [0.1, 0.15) is 6.42 Å². The van der Waals surface area contributed by atoms with Crippen LogP contribution in [0.2, 0.25) is 0 Å². The lowest BCUT2D eigenvalue weighted by Crippen LogP contribution is -2.47. The van der Waals surface area contributed by atoms with Crippen molar-refractivity contribution >= 4 is 17.3 Å². The molecule has 1 saturated heterocycles. The van der Waals surface area contributed by atoms with E-state index in [2.05, 4.69) is 5.32 Å². The lowest BCUT2D eigenvalue weighted by atomic mass is 9.98. The molecule has 7 nitrogen and oxygen atoms in total. The summed E-state index contributed by atoms with van der Waals surface area (Å²) in [5, 5.41) is 22.7. The second kappa shape index (κ2) is 4.81. The second-order valence-electron chi connectivity index (χ2n) is 4.23. The summed E-state index contributed by atoms with van der Waals surface area (Å²) in [5.74, 6) is -1.92. The summed E-state index contributed by atoms with van der Waals surface area (Å²) >= 11 is 0. The molecule has 1 fully saturated rings. The van der Waals surface area contributed by atoms with Crippen LogP contribution in [0.3, 0.4) is 0 Å². The molecule has 0 radical (unpaired) electrons. The minimum atomic E-state index is -1.41. The van der Waals surface area contributed by atoms with Crippen LogP contribution in [0.4, 0.5) is 15.8 Å². The average molecular weight is 270 g/mol. The molecular weight excluding hydrogens is 259 g/mol. The number of nitrogens with zero attached hydrogens (tertiary/aromatic N) is 1. The molecule has 1 atom stereocenters. The predicted molar refractivity (Wildman–Crippen MR) is 62.5 cm³/mol. The van der Waals surface area contributed by atoms with E-state index in [1.165, 1.54) is 0 Å². The quantitative estimate of drug-likeness (QED) is 0.633. The first kappa shape index (κ1) is 13.2. The zero-order chi connectivity index (χ0) is 14.0. The van der Waals surface area contributed by atoms with Crippen LogP contribution in [0.15, 0.2) is 18.2 Å². The molecule has 2 rings (SSSR count). The molecule has 8 heteroatoms. The van der Waals surface area contributed by atoms with Crippen molar-refractivity contribution in [1.82, 2.24) is 0 Å². The lowest BCUT2D eigenvalue weighted by molar-refractivity contribution is -0.384. The standard InChI is InChI=1S/C11H11FN2O5/c12-7-1-2-8(9(5-7)14(17)18)13-11(10(15)16)3-4-19-6-11/h1-2,5,13H,3-4,6H2,(H,15,16).